The van der Waals surface area contributed by atoms with Crippen molar-refractivity contribution in [3.05, 3.63) is 52.5 Å². The van der Waals surface area contributed by atoms with Crippen LogP contribution in [0, 0.1) is 6.92 Å². The van der Waals surface area contributed by atoms with Crippen LogP contribution in [0.3, 0.4) is 0 Å². The van der Waals surface area contributed by atoms with E-state index in [9.17, 15) is 0 Å². The third-order valence-electron chi connectivity index (χ3n) is 3.15. The van der Waals surface area contributed by atoms with Gasteiger partial charge in [-0.05, 0) is 36.8 Å². The molecule has 0 aliphatic heterocycles. The van der Waals surface area contributed by atoms with Gasteiger partial charge in [0.25, 0.3) is 0 Å². The molecule has 0 saturated carbocycles. The SMILES string of the molecule is CNc1nc(Oc2cc(Br)ccc2C)c2ccccc2n1. The number of rotatable bonds is 3. The van der Waals surface area contributed by atoms with E-state index < -0.39 is 0 Å². The van der Waals surface area contributed by atoms with Gasteiger partial charge >= 0.3 is 0 Å². The maximum Gasteiger partial charge on any atom is 0.231 e. The number of aryl methyl sites for hydroxylation is 1. The number of benzene rings is 2. The lowest BCUT2D eigenvalue weighted by atomic mass is 10.2. The Morgan fingerprint density at radius 3 is 2.71 bits per heavy atom. The fourth-order valence-corrected chi connectivity index (χ4v) is 2.37. The number of nitrogens with one attached hydrogen (secondary N) is 1. The first-order valence-corrected chi connectivity index (χ1v) is 7.35. The number of hydrogen-bond donors (Lipinski definition) is 1. The molecule has 0 spiro atoms. The van der Waals surface area contributed by atoms with Crippen LogP contribution in [0.1, 0.15) is 5.56 Å². The Morgan fingerprint density at radius 2 is 1.90 bits per heavy atom. The Labute approximate surface area is 131 Å². The van der Waals surface area contributed by atoms with Crippen molar-refractivity contribution in [2.24, 2.45) is 0 Å². The number of para-hydroxylation sites is 1. The van der Waals surface area contributed by atoms with Gasteiger partial charge in [0.2, 0.25) is 11.8 Å². The second kappa shape index (κ2) is 5.69. The Morgan fingerprint density at radius 1 is 1.10 bits per heavy atom. The monoisotopic (exact) mass is 343 g/mol. The lowest BCUT2D eigenvalue weighted by Gasteiger charge is -2.11. The number of ether oxygens (including phenoxy) is 1. The number of aromatic nitrogens is 2. The van der Waals surface area contributed by atoms with E-state index in [0.717, 1.165) is 26.7 Å². The molecule has 0 unspecified atom stereocenters. The minimum absolute atomic E-state index is 0.538. The standard InChI is InChI=1S/C16H14BrN3O/c1-10-7-8-11(17)9-14(10)21-15-12-5-3-4-6-13(12)19-16(18-2)20-15/h3-9H,1-2H3,(H,18,19,20). The highest BCUT2D eigenvalue weighted by molar-refractivity contribution is 9.10. The third-order valence-corrected chi connectivity index (χ3v) is 3.64. The molecule has 1 heterocycles. The molecule has 4 nitrogen and oxygen atoms in total. The molecule has 0 aliphatic carbocycles. The van der Waals surface area contributed by atoms with E-state index in [0.29, 0.717) is 11.8 Å². The molecule has 0 bridgehead atoms. The van der Waals surface area contributed by atoms with Crippen LogP contribution in [0.25, 0.3) is 10.9 Å². The zero-order valence-electron chi connectivity index (χ0n) is 11.7. The van der Waals surface area contributed by atoms with E-state index in [1.54, 1.807) is 7.05 Å². The van der Waals surface area contributed by atoms with Crippen molar-refractivity contribution in [3.8, 4) is 11.6 Å². The molecule has 1 N–H and O–H groups in total. The average molecular weight is 344 g/mol. The van der Waals surface area contributed by atoms with E-state index in [4.69, 9.17) is 4.74 Å². The second-order valence-corrected chi connectivity index (χ2v) is 5.55. The van der Waals surface area contributed by atoms with Crippen molar-refractivity contribution in [1.29, 1.82) is 0 Å². The summed E-state index contributed by atoms with van der Waals surface area (Å²) in [5.74, 6) is 1.86. The molecule has 106 valence electrons. The molecular formula is C16H14BrN3O. The summed E-state index contributed by atoms with van der Waals surface area (Å²) in [6.45, 7) is 2.00. The van der Waals surface area contributed by atoms with Crippen LogP contribution in [0.5, 0.6) is 11.6 Å². The summed E-state index contributed by atoms with van der Waals surface area (Å²) >= 11 is 3.46. The van der Waals surface area contributed by atoms with Gasteiger partial charge in [-0.25, -0.2) is 4.98 Å². The van der Waals surface area contributed by atoms with Crippen molar-refractivity contribution in [2.75, 3.05) is 12.4 Å². The van der Waals surface area contributed by atoms with Gasteiger partial charge in [-0.15, -0.1) is 0 Å². The van der Waals surface area contributed by atoms with Gasteiger partial charge in [-0.2, -0.15) is 4.98 Å². The third kappa shape index (κ3) is 2.83. The molecule has 0 amide bonds. The van der Waals surface area contributed by atoms with Gasteiger partial charge in [0.1, 0.15) is 5.75 Å². The summed E-state index contributed by atoms with van der Waals surface area (Å²) < 4.78 is 6.99. The highest BCUT2D eigenvalue weighted by Crippen LogP contribution is 2.31. The summed E-state index contributed by atoms with van der Waals surface area (Å²) in [6.07, 6.45) is 0. The summed E-state index contributed by atoms with van der Waals surface area (Å²) in [5, 5.41) is 3.84. The molecular weight excluding hydrogens is 330 g/mol. The fraction of sp³-hybridized carbons (Fsp3) is 0.125. The molecule has 0 radical (unpaired) electrons. The van der Waals surface area contributed by atoms with Gasteiger partial charge in [-0.3, -0.25) is 0 Å². The molecule has 21 heavy (non-hydrogen) atoms. The minimum atomic E-state index is 0.538. The van der Waals surface area contributed by atoms with Crippen LogP contribution in [0.2, 0.25) is 0 Å². The highest BCUT2D eigenvalue weighted by Gasteiger charge is 2.10. The Bertz CT molecular complexity index is 805. The average Bonchev–Trinajstić information content (AvgIpc) is 2.50. The van der Waals surface area contributed by atoms with Gasteiger partial charge in [0, 0.05) is 11.5 Å². The van der Waals surface area contributed by atoms with E-state index in [1.807, 2.05) is 49.4 Å². The number of anilines is 1. The van der Waals surface area contributed by atoms with E-state index in [-0.39, 0.29) is 0 Å². The molecule has 3 aromatic rings. The van der Waals surface area contributed by atoms with Crippen molar-refractivity contribution in [1.82, 2.24) is 9.97 Å². The second-order valence-electron chi connectivity index (χ2n) is 4.63. The largest absolute Gasteiger partial charge is 0.438 e. The minimum Gasteiger partial charge on any atom is -0.438 e. The van der Waals surface area contributed by atoms with Crippen LogP contribution in [-0.4, -0.2) is 17.0 Å². The van der Waals surface area contributed by atoms with Gasteiger partial charge in [-0.1, -0.05) is 34.1 Å². The van der Waals surface area contributed by atoms with Gasteiger partial charge < -0.3 is 10.1 Å². The van der Waals surface area contributed by atoms with Gasteiger partial charge in [0.15, 0.2) is 0 Å². The Kier molecular flexibility index (Phi) is 3.75. The molecule has 5 heteroatoms. The summed E-state index contributed by atoms with van der Waals surface area (Å²) in [5.41, 5.74) is 1.89. The van der Waals surface area contributed by atoms with Crippen LogP contribution in [-0.2, 0) is 0 Å². The van der Waals surface area contributed by atoms with Crippen molar-refractivity contribution in [2.45, 2.75) is 6.92 Å². The summed E-state index contributed by atoms with van der Waals surface area (Å²) in [7, 11) is 1.79. The highest BCUT2D eigenvalue weighted by atomic mass is 79.9. The number of fused-ring (bicyclic) bond motifs is 1. The molecule has 2 aromatic carbocycles. The smallest absolute Gasteiger partial charge is 0.231 e. The maximum absolute atomic E-state index is 6.02. The quantitative estimate of drug-likeness (QED) is 0.758. The van der Waals surface area contributed by atoms with Crippen LogP contribution in [0.15, 0.2) is 46.9 Å². The topological polar surface area (TPSA) is 47.0 Å². The van der Waals surface area contributed by atoms with E-state index in [1.165, 1.54) is 0 Å². The molecule has 0 fully saturated rings. The normalized spacial score (nSPS) is 10.6. The fourth-order valence-electron chi connectivity index (χ4n) is 2.03. The molecule has 1 aromatic heterocycles. The zero-order valence-corrected chi connectivity index (χ0v) is 13.3. The first-order chi connectivity index (χ1) is 10.2. The van der Waals surface area contributed by atoms with Crippen LogP contribution < -0.4 is 10.1 Å². The van der Waals surface area contributed by atoms with Crippen LogP contribution in [0.4, 0.5) is 5.95 Å². The lowest BCUT2D eigenvalue weighted by Crippen LogP contribution is -2.00. The number of hydrogen-bond acceptors (Lipinski definition) is 4. The first kappa shape index (κ1) is 13.8. The Hall–Kier alpha value is -2.14. The summed E-state index contributed by atoms with van der Waals surface area (Å²) in [4.78, 5) is 8.85. The van der Waals surface area contributed by atoms with E-state index in [2.05, 4.69) is 31.2 Å². The van der Waals surface area contributed by atoms with Crippen LogP contribution >= 0.6 is 15.9 Å². The molecule has 0 saturated heterocycles. The first-order valence-electron chi connectivity index (χ1n) is 6.56. The van der Waals surface area contributed by atoms with Crippen molar-refractivity contribution >= 4 is 32.8 Å². The zero-order chi connectivity index (χ0) is 14.8. The predicted molar refractivity (Wildman–Crippen MR) is 88.0 cm³/mol. The molecule has 0 atom stereocenters. The van der Waals surface area contributed by atoms with Gasteiger partial charge in [0.05, 0.1) is 10.9 Å². The summed E-state index contributed by atoms with van der Waals surface area (Å²) in [6, 6.07) is 13.7. The Balaban J connectivity index is 2.13. The van der Waals surface area contributed by atoms with Crippen molar-refractivity contribution < 1.29 is 4.74 Å². The predicted octanol–water partition coefficient (Wildman–Crippen LogP) is 4.53. The molecule has 3 rings (SSSR count). The lowest BCUT2D eigenvalue weighted by molar-refractivity contribution is 0.465. The number of halogens is 1. The van der Waals surface area contributed by atoms with Crippen molar-refractivity contribution in [3.63, 3.8) is 0 Å². The van der Waals surface area contributed by atoms with E-state index >= 15 is 0 Å². The molecule has 0 aliphatic rings. The maximum atomic E-state index is 6.02. The number of nitrogens with zero attached hydrogens (tertiary/aromatic N) is 2.